The number of carbonyl (C=O) groups is 1. The van der Waals surface area contributed by atoms with Crippen LogP contribution in [-0.4, -0.2) is 26.4 Å². The number of benzene rings is 1. The summed E-state index contributed by atoms with van der Waals surface area (Å²) in [6.45, 7) is 0. The van der Waals surface area contributed by atoms with E-state index >= 15 is 0 Å². The van der Waals surface area contributed by atoms with Gasteiger partial charge in [0.15, 0.2) is 4.90 Å². The van der Waals surface area contributed by atoms with E-state index in [9.17, 15) is 23.3 Å². The minimum atomic E-state index is -4.40. The van der Waals surface area contributed by atoms with Crippen LogP contribution in [0.5, 0.6) is 5.75 Å². The predicted molar refractivity (Wildman–Crippen MR) is 77.4 cm³/mol. The highest BCUT2D eigenvalue weighted by molar-refractivity contribution is 7.90. The summed E-state index contributed by atoms with van der Waals surface area (Å²) in [6, 6.07) is 6.26. The Morgan fingerprint density at radius 3 is 2.70 bits per heavy atom. The maximum absolute atomic E-state index is 12.2. The van der Waals surface area contributed by atoms with Gasteiger partial charge in [0.2, 0.25) is 5.91 Å². The molecule has 122 valence electrons. The van der Waals surface area contributed by atoms with Gasteiger partial charge in [-0.3, -0.25) is 14.9 Å². The standard InChI is InChI=1S/C13H12N2O7S/c1-21-9-4-5-12(11(7-9)15(17)18)23(19,20)14-13(16)8-10-3-2-6-22-10/h2-7H,8H2,1H3,(H,14,16). The zero-order valence-electron chi connectivity index (χ0n) is 11.9. The Kier molecular flexibility index (Phi) is 4.65. The van der Waals surface area contributed by atoms with E-state index in [0.717, 1.165) is 12.1 Å². The van der Waals surface area contributed by atoms with Crippen LogP contribution in [0.1, 0.15) is 5.76 Å². The van der Waals surface area contributed by atoms with Crippen LogP contribution in [0.4, 0.5) is 5.69 Å². The highest BCUT2D eigenvalue weighted by atomic mass is 32.2. The van der Waals surface area contributed by atoms with Crippen LogP contribution in [-0.2, 0) is 21.2 Å². The maximum Gasteiger partial charge on any atom is 0.293 e. The second kappa shape index (κ2) is 6.48. The van der Waals surface area contributed by atoms with Gasteiger partial charge in [-0.2, -0.15) is 0 Å². The zero-order chi connectivity index (χ0) is 17.0. The van der Waals surface area contributed by atoms with Gasteiger partial charge in [-0.1, -0.05) is 0 Å². The van der Waals surface area contributed by atoms with Crippen molar-refractivity contribution in [3.63, 3.8) is 0 Å². The van der Waals surface area contributed by atoms with E-state index in [1.165, 1.54) is 25.5 Å². The van der Waals surface area contributed by atoms with Gasteiger partial charge in [-0.15, -0.1) is 0 Å². The van der Waals surface area contributed by atoms with Crippen molar-refractivity contribution >= 4 is 21.6 Å². The molecule has 0 spiro atoms. The maximum atomic E-state index is 12.2. The Bertz CT molecular complexity index is 828. The lowest BCUT2D eigenvalue weighted by Gasteiger charge is -2.08. The fraction of sp³-hybridized carbons (Fsp3) is 0.154. The van der Waals surface area contributed by atoms with Gasteiger partial charge < -0.3 is 9.15 Å². The average molecular weight is 340 g/mol. The fourth-order valence-electron chi connectivity index (χ4n) is 1.81. The third kappa shape index (κ3) is 3.86. The smallest absolute Gasteiger partial charge is 0.293 e. The molecule has 0 fully saturated rings. The first kappa shape index (κ1) is 16.5. The van der Waals surface area contributed by atoms with E-state index in [4.69, 9.17) is 9.15 Å². The number of hydrogen-bond donors (Lipinski definition) is 1. The summed E-state index contributed by atoms with van der Waals surface area (Å²) >= 11 is 0. The van der Waals surface area contributed by atoms with Crippen LogP contribution in [0, 0.1) is 10.1 Å². The number of hydrogen-bond acceptors (Lipinski definition) is 7. The summed E-state index contributed by atoms with van der Waals surface area (Å²) in [7, 11) is -3.11. The molecule has 0 saturated heterocycles. The van der Waals surface area contributed by atoms with E-state index in [1.54, 1.807) is 10.8 Å². The van der Waals surface area contributed by atoms with Gasteiger partial charge in [0, 0.05) is 0 Å². The number of nitro benzene ring substituents is 1. The van der Waals surface area contributed by atoms with Gasteiger partial charge in [-0.05, 0) is 24.3 Å². The largest absolute Gasteiger partial charge is 0.497 e. The van der Waals surface area contributed by atoms with E-state index < -0.39 is 31.4 Å². The first-order valence-corrected chi connectivity index (χ1v) is 7.72. The monoisotopic (exact) mass is 340 g/mol. The molecule has 1 amide bonds. The van der Waals surface area contributed by atoms with Gasteiger partial charge in [0.25, 0.3) is 15.7 Å². The topological polar surface area (TPSA) is 129 Å². The van der Waals surface area contributed by atoms with Crippen molar-refractivity contribution < 1.29 is 27.3 Å². The highest BCUT2D eigenvalue weighted by Crippen LogP contribution is 2.28. The average Bonchev–Trinajstić information content (AvgIpc) is 2.98. The van der Waals surface area contributed by atoms with Crippen molar-refractivity contribution in [3.8, 4) is 5.75 Å². The van der Waals surface area contributed by atoms with E-state index in [2.05, 4.69) is 0 Å². The van der Waals surface area contributed by atoms with Crippen molar-refractivity contribution in [2.75, 3.05) is 7.11 Å². The summed E-state index contributed by atoms with van der Waals surface area (Å²) in [4.78, 5) is 21.3. The zero-order valence-corrected chi connectivity index (χ0v) is 12.7. The molecule has 0 radical (unpaired) electrons. The fourth-order valence-corrected chi connectivity index (χ4v) is 2.94. The lowest BCUT2D eigenvalue weighted by Crippen LogP contribution is -2.32. The molecule has 2 aromatic rings. The lowest BCUT2D eigenvalue weighted by molar-refractivity contribution is -0.387. The molecule has 10 heteroatoms. The van der Waals surface area contributed by atoms with Crippen LogP contribution >= 0.6 is 0 Å². The molecule has 2 rings (SSSR count). The Morgan fingerprint density at radius 1 is 1.39 bits per heavy atom. The minimum absolute atomic E-state index is 0.123. The number of amides is 1. The third-order valence-corrected chi connectivity index (χ3v) is 4.24. The van der Waals surface area contributed by atoms with E-state index in [1.807, 2.05) is 0 Å². The van der Waals surface area contributed by atoms with Crippen LogP contribution in [0.3, 0.4) is 0 Å². The number of carbonyl (C=O) groups excluding carboxylic acids is 1. The minimum Gasteiger partial charge on any atom is -0.497 e. The molecule has 0 aliphatic carbocycles. The lowest BCUT2D eigenvalue weighted by atomic mass is 10.3. The molecular formula is C13H12N2O7S. The molecule has 1 aromatic heterocycles. The molecule has 0 saturated carbocycles. The van der Waals surface area contributed by atoms with Crippen molar-refractivity contribution in [2.24, 2.45) is 0 Å². The van der Waals surface area contributed by atoms with Crippen LogP contribution in [0.15, 0.2) is 45.9 Å². The number of sulfonamides is 1. The summed E-state index contributed by atoms with van der Waals surface area (Å²) in [5.41, 5.74) is -0.692. The molecular weight excluding hydrogens is 328 g/mol. The summed E-state index contributed by atoms with van der Waals surface area (Å²) < 4.78 is 35.9. The van der Waals surface area contributed by atoms with Crippen LogP contribution in [0.25, 0.3) is 0 Å². The van der Waals surface area contributed by atoms with Crippen molar-refractivity contribution in [3.05, 3.63) is 52.5 Å². The second-order valence-corrected chi connectivity index (χ2v) is 6.03. The van der Waals surface area contributed by atoms with Gasteiger partial charge in [-0.25, -0.2) is 13.1 Å². The van der Waals surface area contributed by atoms with Gasteiger partial charge in [0.05, 0.1) is 30.8 Å². The Morgan fingerprint density at radius 2 is 2.13 bits per heavy atom. The first-order chi connectivity index (χ1) is 10.8. The molecule has 0 atom stereocenters. The SMILES string of the molecule is COc1ccc(S(=O)(=O)NC(=O)Cc2ccco2)c([N+](=O)[O-])c1. The summed E-state index contributed by atoms with van der Waals surface area (Å²) in [5.74, 6) is -0.482. The van der Waals surface area contributed by atoms with E-state index in [0.29, 0.717) is 0 Å². The normalized spacial score (nSPS) is 11.0. The summed E-state index contributed by atoms with van der Waals surface area (Å²) in [6.07, 6.45) is 1.03. The Labute approximate surface area is 131 Å². The number of nitrogens with one attached hydrogen (secondary N) is 1. The van der Waals surface area contributed by atoms with E-state index in [-0.39, 0.29) is 17.9 Å². The van der Waals surface area contributed by atoms with Crippen molar-refractivity contribution in [1.82, 2.24) is 4.72 Å². The molecule has 0 unspecified atom stereocenters. The summed E-state index contributed by atoms with van der Waals surface area (Å²) in [5, 5.41) is 11.0. The number of methoxy groups -OCH3 is 1. The highest BCUT2D eigenvalue weighted by Gasteiger charge is 2.28. The number of rotatable bonds is 6. The van der Waals surface area contributed by atoms with Gasteiger partial charge in [0.1, 0.15) is 11.5 Å². The predicted octanol–water partition coefficient (Wildman–Crippen LogP) is 1.24. The quantitative estimate of drug-likeness (QED) is 0.618. The molecule has 0 aliphatic heterocycles. The second-order valence-electron chi connectivity index (χ2n) is 4.38. The number of ether oxygens (including phenoxy) is 1. The molecule has 0 aliphatic rings. The molecule has 1 N–H and O–H groups in total. The molecule has 1 heterocycles. The van der Waals surface area contributed by atoms with Crippen LogP contribution in [0.2, 0.25) is 0 Å². The Hall–Kier alpha value is -2.88. The third-order valence-electron chi connectivity index (χ3n) is 2.82. The number of furan rings is 1. The number of nitro groups is 1. The molecule has 9 nitrogen and oxygen atoms in total. The molecule has 23 heavy (non-hydrogen) atoms. The first-order valence-electron chi connectivity index (χ1n) is 6.24. The van der Waals surface area contributed by atoms with Gasteiger partial charge >= 0.3 is 0 Å². The number of nitrogens with zero attached hydrogens (tertiary/aromatic N) is 1. The van der Waals surface area contributed by atoms with Crippen LogP contribution < -0.4 is 9.46 Å². The molecule has 0 bridgehead atoms. The Balaban J connectivity index is 2.28. The molecule has 1 aromatic carbocycles. The van der Waals surface area contributed by atoms with Crippen molar-refractivity contribution in [2.45, 2.75) is 11.3 Å². The van der Waals surface area contributed by atoms with Crippen molar-refractivity contribution in [1.29, 1.82) is 0 Å².